The summed E-state index contributed by atoms with van der Waals surface area (Å²) >= 11 is 0. The lowest BCUT2D eigenvalue weighted by Crippen LogP contribution is -2.49. The SMILES string of the molecule is CN1CCC(CCNC(=O)C(C)(N)c2ccccc2)CC1.Cl.Cl. The topological polar surface area (TPSA) is 58.4 Å². The standard InChI is InChI=1S/C17H27N3O.2ClH/c1-17(18,15-6-4-3-5-7-15)16(21)19-11-8-14-9-12-20(2)13-10-14;;/h3-7,14H,8-13,18H2,1-2H3,(H,19,21);2*1H. The van der Waals surface area contributed by atoms with Crippen LogP contribution in [0, 0.1) is 5.92 Å². The first kappa shape index (κ1) is 22.2. The van der Waals surface area contributed by atoms with Gasteiger partial charge in [0.1, 0.15) is 5.54 Å². The number of likely N-dealkylation sites (tertiary alicyclic amines) is 1. The highest BCUT2D eigenvalue weighted by atomic mass is 35.5. The summed E-state index contributed by atoms with van der Waals surface area (Å²) in [5.41, 5.74) is 6.08. The van der Waals surface area contributed by atoms with Crippen LogP contribution >= 0.6 is 24.8 Å². The van der Waals surface area contributed by atoms with Crippen LogP contribution < -0.4 is 11.1 Å². The average molecular weight is 362 g/mol. The Labute approximate surface area is 152 Å². The minimum atomic E-state index is -0.964. The van der Waals surface area contributed by atoms with E-state index in [1.54, 1.807) is 6.92 Å². The van der Waals surface area contributed by atoms with Crippen LogP contribution in [0.3, 0.4) is 0 Å². The van der Waals surface area contributed by atoms with Crippen LogP contribution in [0.4, 0.5) is 0 Å². The molecule has 1 unspecified atom stereocenters. The number of halogens is 2. The van der Waals surface area contributed by atoms with Gasteiger partial charge in [0.2, 0.25) is 5.91 Å². The van der Waals surface area contributed by atoms with Gasteiger partial charge in [-0.1, -0.05) is 30.3 Å². The Morgan fingerprint density at radius 2 is 1.83 bits per heavy atom. The lowest BCUT2D eigenvalue weighted by molar-refractivity contribution is -0.126. The van der Waals surface area contributed by atoms with Gasteiger partial charge in [0.15, 0.2) is 0 Å². The predicted molar refractivity (Wildman–Crippen MR) is 100 cm³/mol. The molecule has 132 valence electrons. The first-order chi connectivity index (χ1) is 10.00. The number of rotatable bonds is 5. The summed E-state index contributed by atoms with van der Waals surface area (Å²) < 4.78 is 0. The molecular weight excluding hydrogens is 333 g/mol. The van der Waals surface area contributed by atoms with Crippen molar-refractivity contribution in [2.24, 2.45) is 11.7 Å². The molecule has 23 heavy (non-hydrogen) atoms. The molecule has 2 rings (SSSR count). The number of carbonyl (C=O) groups excluding carboxylic acids is 1. The molecule has 1 heterocycles. The highest BCUT2D eigenvalue weighted by Gasteiger charge is 2.30. The number of hydrogen-bond acceptors (Lipinski definition) is 3. The van der Waals surface area contributed by atoms with Crippen molar-refractivity contribution < 1.29 is 4.79 Å². The number of nitrogens with two attached hydrogens (primary N) is 1. The molecule has 1 amide bonds. The third-order valence-corrected chi connectivity index (χ3v) is 4.52. The molecule has 0 aromatic heterocycles. The molecule has 6 heteroatoms. The summed E-state index contributed by atoms with van der Waals surface area (Å²) in [4.78, 5) is 14.7. The molecule has 1 atom stereocenters. The fourth-order valence-electron chi connectivity index (χ4n) is 2.84. The van der Waals surface area contributed by atoms with E-state index in [9.17, 15) is 4.79 Å². The summed E-state index contributed by atoms with van der Waals surface area (Å²) in [6.45, 7) is 4.81. The molecule has 1 aromatic rings. The third kappa shape index (κ3) is 6.30. The van der Waals surface area contributed by atoms with E-state index in [0.717, 1.165) is 31.0 Å². The van der Waals surface area contributed by atoms with Gasteiger partial charge in [0.25, 0.3) is 0 Å². The fourth-order valence-corrected chi connectivity index (χ4v) is 2.84. The van der Waals surface area contributed by atoms with E-state index in [2.05, 4.69) is 17.3 Å². The highest BCUT2D eigenvalue weighted by molar-refractivity contribution is 5.87. The van der Waals surface area contributed by atoms with Crippen molar-refractivity contribution in [3.63, 3.8) is 0 Å². The molecule has 3 N–H and O–H groups in total. The molecule has 1 aliphatic heterocycles. The van der Waals surface area contributed by atoms with Crippen molar-refractivity contribution in [1.82, 2.24) is 10.2 Å². The lowest BCUT2D eigenvalue weighted by atomic mass is 9.91. The van der Waals surface area contributed by atoms with Crippen molar-refractivity contribution in [3.8, 4) is 0 Å². The second kappa shape index (κ2) is 10.1. The van der Waals surface area contributed by atoms with E-state index < -0.39 is 5.54 Å². The summed E-state index contributed by atoms with van der Waals surface area (Å²) in [6.07, 6.45) is 3.50. The summed E-state index contributed by atoms with van der Waals surface area (Å²) in [6, 6.07) is 9.54. The van der Waals surface area contributed by atoms with E-state index in [4.69, 9.17) is 5.73 Å². The Hall–Kier alpha value is -0.810. The van der Waals surface area contributed by atoms with Crippen molar-refractivity contribution in [2.75, 3.05) is 26.7 Å². The molecule has 0 aliphatic carbocycles. The van der Waals surface area contributed by atoms with Crippen molar-refractivity contribution >= 4 is 30.7 Å². The van der Waals surface area contributed by atoms with Crippen LogP contribution in [0.25, 0.3) is 0 Å². The van der Waals surface area contributed by atoms with Gasteiger partial charge >= 0.3 is 0 Å². The zero-order valence-electron chi connectivity index (χ0n) is 14.0. The highest BCUT2D eigenvalue weighted by Crippen LogP contribution is 2.20. The largest absolute Gasteiger partial charge is 0.354 e. The van der Waals surface area contributed by atoms with Gasteiger partial charge in [0.05, 0.1) is 0 Å². The quantitative estimate of drug-likeness (QED) is 0.846. The van der Waals surface area contributed by atoms with E-state index in [0.29, 0.717) is 6.54 Å². The van der Waals surface area contributed by atoms with Crippen LogP contribution in [-0.4, -0.2) is 37.5 Å². The van der Waals surface area contributed by atoms with Gasteiger partial charge < -0.3 is 16.0 Å². The van der Waals surface area contributed by atoms with Crippen LogP contribution in [0.15, 0.2) is 30.3 Å². The lowest BCUT2D eigenvalue weighted by Gasteiger charge is -2.29. The number of nitrogens with zero attached hydrogens (tertiary/aromatic N) is 1. The molecular formula is C17H29Cl2N3O. The van der Waals surface area contributed by atoms with Gasteiger partial charge in [-0.15, -0.1) is 24.8 Å². The van der Waals surface area contributed by atoms with Crippen LogP contribution in [0.5, 0.6) is 0 Å². The minimum Gasteiger partial charge on any atom is -0.354 e. The Balaban J connectivity index is 0.00000242. The van der Waals surface area contributed by atoms with Gasteiger partial charge in [-0.05, 0) is 57.8 Å². The normalized spacial score (nSPS) is 18.2. The monoisotopic (exact) mass is 361 g/mol. The maximum Gasteiger partial charge on any atom is 0.244 e. The molecule has 0 radical (unpaired) electrons. The molecule has 0 saturated carbocycles. The number of carbonyl (C=O) groups is 1. The molecule has 4 nitrogen and oxygen atoms in total. The van der Waals surface area contributed by atoms with Crippen molar-refractivity contribution in [2.45, 2.75) is 31.7 Å². The van der Waals surface area contributed by atoms with E-state index >= 15 is 0 Å². The zero-order valence-corrected chi connectivity index (χ0v) is 15.6. The summed E-state index contributed by atoms with van der Waals surface area (Å²) in [5, 5.41) is 3.00. The first-order valence-electron chi connectivity index (χ1n) is 7.81. The van der Waals surface area contributed by atoms with Gasteiger partial charge in [0, 0.05) is 6.54 Å². The number of benzene rings is 1. The van der Waals surface area contributed by atoms with Gasteiger partial charge in [-0.2, -0.15) is 0 Å². The predicted octanol–water partition coefficient (Wildman–Crippen LogP) is 2.55. The Kier molecular flexibility index (Phi) is 9.78. The van der Waals surface area contributed by atoms with Crippen molar-refractivity contribution in [1.29, 1.82) is 0 Å². The smallest absolute Gasteiger partial charge is 0.244 e. The van der Waals surface area contributed by atoms with Crippen LogP contribution in [-0.2, 0) is 10.3 Å². The van der Waals surface area contributed by atoms with Gasteiger partial charge in [-0.25, -0.2) is 0 Å². The minimum absolute atomic E-state index is 0. The maximum absolute atomic E-state index is 12.3. The molecule has 1 aromatic carbocycles. The molecule has 0 spiro atoms. The number of hydrogen-bond donors (Lipinski definition) is 2. The number of nitrogens with one attached hydrogen (secondary N) is 1. The van der Waals surface area contributed by atoms with E-state index in [1.165, 1.54) is 12.8 Å². The molecule has 1 saturated heterocycles. The fraction of sp³-hybridized carbons (Fsp3) is 0.588. The molecule has 1 aliphatic rings. The second-order valence-electron chi connectivity index (χ2n) is 6.36. The molecule has 1 fully saturated rings. The average Bonchev–Trinajstić information content (AvgIpc) is 2.50. The zero-order chi connectivity index (χ0) is 15.3. The second-order valence-corrected chi connectivity index (χ2v) is 6.36. The van der Waals surface area contributed by atoms with Gasteiger partial charge in [-0.3, -0.25) is 4.79 Å². The first-order valence-corrected chi connectivity index (χ1v) is 7.81. The number of piperidine rings is 1. The number of amides is 1. The Morgan fingerprint density at radius 1 is 1.26 bits per heavy atom. The van der Waals surface area contributed by atoms with Crippen LogP contribution in [0.2, 0.25) is 0 Å². The van der Waals surface area contributed by atoms with Crippen molar-refractivity contribution in [3.05, 3.63) is 35.9 Å². The van der Waals surface area contributed by atoms with Crippen LogP contribution in [0.1, 0.15) is 31.7 Å². The van der Waals surface area contributed by atoms with E-state index in [1.807, 2.05) is 30.3 Å². The Bertz CT molecular complexity index is 460. The summed E-state index contributed by atoms with van der Waals surface area (Å²) in [5.74, 6) is 0.629. The van der Waals surface area contributed by atoms with E-state index in [-0.39, 0.29) is 30.7 Å². The Morgan fingerprint density at radius 3 is 2.39 bits per heavy atom. The molecule has 0 bridgehead atoms. The maximum atomic E-state index is 12.3. The summed E-state index contributed by atoms with van der Waals surface area (Å²) in [7, 11) is 2.16. The third-order valence-electron chi connectivity index (χ3n) is 4.52.